The number of nitrogens with zero attached hydrogens (tertiary/aromatic N) is 3. The Hall–Kier alpha value is -2.90. The van der Waals surface area contributed by atoms with Gasteiger partial charge in [0.1, 0.15) is 5.82 Å². The molecule has 2 N–H and O–H groups in total. The van der Waals surface area contributed by atoms with Gasteiger partial charge in [-0.2, -0.15) is 0 Å². The van der Waals surface area contributed by atoms with Gasteiger partial charge in [-0.15, -0.1) is 0 Å². The lowest BCUT2D eigenvalue weighted by molar-refractivity contribution is -0.141. The number of carboxylic acid groups (broad SMARTS) is 1. The SMILES string of the molecule is O=C(O)C1CCN(C(=O)NCc2ccc(-n3ccnc3)c(F)c2)C1. The number of aliphatic carboxylic acids is 1. The third kappa shape index (κ3) is 3.37. The molecule has 24 heavy (non-hydrogen) atoms. The Morgan fingerprint density at radius 2 is 2.25 bits per heavy atom. The van der Waals surface area contributed by atoms with Gasteiger partial charge in [0, 0.05) is 32.0 Å². The van der Waals surface area contributed by atoms with Crippen LogP contribution >= 0.6 is 0 Å². The summed E-state index contributed by atoms with van der Waals surface area (Å²) in [4.78, 5) is 28.3. The molecule has 1 fully saturated rings. The van der Waals surface area contributed by atoms with Gasteiger partial charge in [0.15, 0.2) is 0 Å². The van der Waals surface area contributed by atoms with Crippen molar-refractivity contribution in [3.63, 3.8) is 0 Å². The second kappa shape index (κ2) is 6.69. The average Bonchev–Trinajstić information content (AvgIpc) is 3.24. The van der Waals surface area contributed by atoms with E-state index < -0.39 is 17.7 Å². The lowest BCUT2D eigenvalue weighted by Gasteiger charge is -2.17. The van der Waals surface area contributed by atoms with Gasteiger partial charge in [0.2, 0.25) is 0 Å². The smallest absolute Gasteiger partial charge is 0.317 e. The van der Waals surface area contributed by atoms with Crippen LogP contribution in [0.2, 0.25) is 0 Å². The number of hydrogen-bond donors (Lipinski definition) is 2. The van der Waals surface area contributed by atoms with E-state index in [0.717, 1.165) is 0 Å². The Morgan fingerprint density at radius 3 is 2.88 bits per heavy atom. The number of carbonyl (C=O) groups is 2. The molecule has 7 nitrogen and oxygen atoms in total. The van der Waals surface area contributed by atoms with E-state index in [1.54, 1.807) is 29.1 Å². The van der Waals surface area contributed by atoms with Crippen molar-refractivity contribution >= 4 is 12.0 Å². The number of halogens is 1. The Balaban J connectivity index is 1.58. The van der Waals surface area contributed by atoms with Crippen LogP contribution in [0.25, 0.3) is 5.69 Å². The molecule has 2 heterocycles. The van der Waals surface area contributed by atoms with E-state index in [-0.39, 0.29) is 19.1 Å². The van der Waals surface area contributed by atoms with Crippen molar-refractivity contribution in [1.29, 1.82) is 0 Å². The number of nitrogens with one attached hydrogen (secondary N) is 1. The molecule has 3 rings (SSSR count). The number of likely N-dealkylation sites (tertiary alicyclic amines) is 1. The summed E-state index contributed by atoms with van der Waals surface area (Å²) in [7, 11) is 0. The molecular formula is C16H17FN4O3. The van der Waals surface area contributed by atoms with E-state index in [1.165, 1.54) is 17.3 Å². The molecule has 1 aliphatic heterocycles. The molecule has 1 aromatic carbocycles. The van der Waals surface area contributed by atoms with Crippen molar-refractivity contribution in [2.24, 2.45) is 5.92 Å². The van der Waals surface area contributed by atoms with Gasteiger partial charge in [0.05, 0.1) is 17.9 Å². The highest BCUT2D eigenvalue weighted by molar-refractivity contribution is 5.77. The number of carbonyl (C=O) groups excluding carboxylic acids is 1. The highest BCUT2D eigenvalue weighted by Crippen LogP contribution is 2.17. The molecule has 1 aromatic heterocycles. The summed E-state index contributed by atoms with van der Waals surface area (Å²) < 4.78 is 15.7. The first-order valence-corrected chi connectivity index (χ1v) is 7.57. The fraction of sp³-hybridized carbons (Fsp3) is 0.312. The number of benzene rings is 1. The molecule has 0 bridgehead atoms. The first kappa shape index (κ1) is 16.0. The normalized spacial score (nSPS) is 17.0. The number of amides is 2. The van der Waals surface area contributed by atoms with Crippen LogP contribution in [0.15, 0.2) is 36.9 Å². The largest absolute Gasteiger partial charge is 0.481 e. The van der Waals surface area contributed by atoms with Gasteiger partial charge >= 0.3 is 12.0 Å². The third-order valence-electron chi connectivity index (χ3n) is 4.06. The van der Waals surface area contributed by atoms with Crippen LogP contribution in [0, 0.1) is 11.7 Å². The molecule has 1 atom stereocenters. The molecule has 0 aliphatic carbocycles. The monoisotopic (exact) mass is 332 g/mol. The van der Waals surface area contributed by atoms with Crippen LogP contribution < -0.4 is 5.32 Å². The second-order valence-electron chi connectivity index (χ2n) is 5.68. The Morgan fingerprint density at radius 1 is 1.42 bits per heavy atom. The average molecular weight is 332 g/mol. The molecule has 0 radical (unpaired) electrons. The van der Waals surface area contributed by atoms with E-state index in [1.807, 2.05) is 0 Å². The number of urea groups is 1. The highest BCUT2D eigenvalue weighted by atomic mass is 19.1. The minimum Gasteiger partial charge on any atom is -0.481 e. The van der Waals surface area contributed by atoms with Crippen LogP contribution in [0.3, 0.4) is 0 Å². The minimum absolute atomic E-state index is 0.175. The fourth-order valence-corrected chi connectivity index (χ4v) is 2.71. The Labute approximate surface area is 137 Å². The first-order valence-electron chi connectivity index (χ1n) is 7.57. The minimum atomic E-state index is -0.887. The third-order valence-corrected chi connectivity index (χ3v) is 4.06. The number of hydrogen-bond acceptors (Lipinski definition) is 3. The van der Waals surface area contributed by atoms with Crippen molar-refractivity contribution in [2.75, 3.05) is 13.1 Å². The number of rotatable bonds is 4. The predicted molar refractivity (Wildman–Crippen MR) is 83.1 cm³/mol. The van der Waals surface area contributed by atoms with Crippen molar-refractivity contribution in [3.05, 3.63) is 48.3 Å². The molecule has 1 saturated heterocycles. The van der Waals surface area contributed by atoms with Crippen LogP contribution in [-0.2, 0) is 11.3 Å². The van der Waals surface area contributed by atoms with E-state index in [0.29, 0.717) is 24.2 Å². The van der Waals surface area contributed by atoms with Gasteiger partial charge in [-0.05, 0) is 24.1 Å². The maximum atomic E-state index is 14.1. The molecule has 2 amide bonds. The van der Waals surface area contributed by atoms with Gasteiger partial charge in [-0.25, -0.2) is 14.2 Å². The standard InChI is InChI=1S/C16H17FN4O3/c17-13-7-11(1-2-14(13)21-6-4-18-10-21)8-19-16(24)20-5-3-12(9-20)15(22)23/h1-2,4,6-7,10,12H,3,5,8-9H2,(H,19,24)(H,22,23). The van der Waals surface area contributed by atoms with Gasteiger partial charge in [-0.1, -0.05) is 6.07 Å². The van der Waals surface area contributed by atoms with E-state index >= 15 is 0 Å². The van der Waals surface area contributed by atoms with E-state index in [4.69, 9.17) is 5.11 Å². The molecule has 1 unspecified atom stereocenters. The quantitative estimate of drug-likeness (QED) is 0.891. The topological polar surface area (TPSA) is 87.5 Å². The number of carboxylic acids is 1. The number of aromatic nitrogens is 2. The van der Waals surface area contributed by atoms with Gasteiger partial charge < -0.3 is 19.9 Å². The van der Waals surface area contributed by atoms with Crippen LogP contribution in [0.5, 0.6) is 0 Å². The molecule has 8 heteroatoms. The van der Waals surface area contributed by atoms with Gasteiger partial charge in [0.25, 0.3) is 0 Å². The predicted octanol–water partition coefficient (Wildman–Crippen LogP) is 1.63. The Bertz CT molecular complexity index is 748. The van der Waals surface area contributed by atoms with Gasteiger partial charge in [-0.3, -0.25) is 4.79 Å². The molecule has 1 aliphatic rings. The summed E-state index contributed by atoms with van der Waals surface area (Å²) in [6.45, 7) is 0.792. The lowest BCUT2D eigenvalue weighted by atomic mass is 10.1. The van der Waals surface area contributed by atoms with Crippen molar-refractivity contribution in [1.82, 2.24) is 19.8 Å². The van der Waals surface area contributed by atoms with Crippen LogP contribution in [0.1, 0.15) is 12.0 Å². The fourth-order valence-electron chi connectivity index (χ4n) is 2.71. The summed E-state index contributed by atoms with van der Waals surface area (Å²) in [5.41, 5.74) is 1.00. The zero-order valence-electron chi connectivity index (χ0n) is 12.9. The van der Waals surface area contributed by atoms with Crippen LogP contribution in [-0.4, -0.2) is 44.6 Å². The number of imidazole rings is 1. The maximum absolute atomic E-state index is 14.1. The highest BCUT2D eigenvalue weighted by Gasteiger charge is 2.30. The summed E-state index contributed by atoms with van der Waals surface area (Å²) in [5.74, 6) is -1.81. The summed E-state index contributed by atoms with van der Waals surface area (Å²) in [5, 5.41) is 11.6. The first-order chi connectivity index (χ1) is 11.5. The summed E-state index contributed by atoms with van der Waals surface area (Å²) >= 11 is 0. The second-order valence-corrected chi connectivity index (χ2v) is 5.68. The zero-order chi connectivity index (χ0) is 17.1. The Kier molecular flexibility index (Phi) is 4.45. The lowest BCUT2D eigenvalue weighted by Crippen LogP contribution is -2.38. The van der Waals surface area contributed by atoms with Crippen molar-refractivity contribution < 1.29 is 19.1 Å². The summed E-state index contributed by atoms with van der Waals surface area (Å²) in [6, 6.07) is 4.37. The van der Waals surface area contributed by atoms with Crippen molar-refractivity contribution in [3.8, 4) is 5.69 Å². The van der Waals surface area contributed by atoms with E-state index in [2.05, 4.69) is 10.3 Å². The summed E-state index contributed by atoms with van der Waals surface area (Å²) in [6.07, 6.45) is 5.17. The molecule has 2 aromatic rings. The maximum Gasteiger partial charge on any atom is 0.317 e. The molecular weight excluding hydrogens is 315 g/mol. The molecule has 0 spiro atoms. The molecule has 126 valence electrons. The van der Waals surface area contributed by atoms with Crippen molar-refractivity contribution in [2.45, 2.75) is 13.0 Å². The zero-order valence-corrected chi connectivity index (χ0v) is 12.9. The molecule has 0 saturated carbocycles. The van der Waals surface area contributed by atoms with Crippen LogP contribution in [0.4, 0.5) is 9.18 Å². The van der Waals surface area contributed by atoms with E-state index in [9.17, 15) is 14.0 Å².